The molecule has 0 aromatic carbocycles. The van der Waals surface area contributed by atoms with E-state index in [-0.39, 0.29) is 12.5 Å². The van der Waals surface area contributed by atoms with E-state index >= 15 is 0 Å². The zero-order valence-electron chi connectivity index (χ0n) is 14.6. The fourth-order valence-corrected chi connectivity index (χ4v) is 2.98. The van der Waals surface area contributed by atoms with Gasteiger partial charge in [0.15, 0.2) is 0 Å². The Balaban J connectivity index is 1.96. The summed E-state index contributed by atoms with van der Waals surface area (Å²) in [5, 5.41) is 18.4. The molecule has 0 bridgehead atoms. The number of carboxylic acid groups (broad SMARTS) is 1. The minimum absolute atomic E-state index is 0.257. The first-order chi connectivity index (χ1) is 11.1. The van der Waals surface area contributed by atoms with Gasteiger partial charge in [-0.2, -0.15) is 0 Å². The molecule has 1 saturated carbocycles. The number of hydrogen-bond acceptors (Lipinski definition) is 2. The highest BCUT2D eigenvalue weighted by atomic mass is 16.4. The smallest absolute Gasteiger partial charge is 0.303 e. The summed E-state index contributed by atoms with van der Waals surface area (Å²) >= 11 is 0. The van der Waals surface area contributed by atoms with Crippen molar-refractivity contribution in [2.45, 2.75) is 83.7 Å². The first-order valence-corrected chi connectivity index (χ1v) is 9.35. The third kappa shape index (κ3) is 11.1. The van der Waals surface area contributed by atoms with E-state index in [1.165, 1.54) is 25.7 Å². The fourth-order valence-electron chi connectivity index (χ4n) is 2.98. The van der Waals surface area contributed by atoms with Gasteiger partial charge in [-0.3, -0.25) is 4.79 Å². The number of carbonyl (C=O) groups is 1. The number of hydrogen-bond donors (Lipinski definition) is 2. The molecule has 1 fully saturated rings. The van der Waals surface area contributed by atoms with Gasteiger partial charge in [-0.15, -0.1) is 0 Å². The monoisotopic (exact) mass is 322 g/mol. The van der Waals surface area contributed by atoms with Crippen LogP contribution in [0, 0.1) is 11.8 Å². The van der Waals surface area contributed by atoms with Crippen molar-refractivity contribution in [1.82, 2.24) is 0 Å². The molecule has 3 nitrogen and oxygen atoms in total. The van der Waals surface area contributed by atoms with Crippen LogP contribution in [0.3, 0.4) is 0 Å². The van der Waals surface area contributed by atoms with Crippen LogP contribution in [0.5, 0.6) is 0 Å². The Hall–Kier alpha value is -1.09. The molecule has 0 amide bonds. The van der Waals surface area contributed by atoms with Crippen LogP contribution in [-0.2, 0) is 4.79 Å². The topological polar surface area (TPSA) is 57.5 Å². The summed E-state index contributed by atoms with van der Waals surface area (Å²) in [6, 6.07) is 0. The lowest BCUT2D eigenvalue weighted by Gasteiger charge is -2.04. The van der Waals surface area contributed by atoms with Crippen LogP contribution in [0.15, 0.2) is 24.3 Å². The zero-order chi connectivity index (χ0) is 16.9. The number of aliphatic hydroxyl groups excluding tert-OH is 1. The molecule has 0 aliphatic heterocycles. The molecule has 2 N–H and O–H groups in total. The lowest BCUT2D eigenvalue weighted by Crippen LogP contribution is -2.01. The maximum atomic E-state index is 10.4. The summed E-state index contributed by atoms with van der Waals surface area (Å²) in [5.41, 5.74) is 0. The molecular weight excluding hydrogens is 288 g/mol. The SMILES string of the molecule is CCCCC[C@@H](O)/C=C/C[C@H]1C[C@@H]1CC/C=C/CCCC(=O)O. The van der Waals surface area contributed by atoms with E-state index in [4.69, 9.17) is 5.11 Å². The minimum Gasteiger partial charge on any atom is -0.481 e. The van der Waals surface area contributed by atoms with Gasteiger partial charge < -0.3 is 10.2 Å². The number of carboxylic acids is 1. The molecule has 0 unspecified atom stereocenters. The summed E-state index contributed by atoms with van der Waals surface area (Å²) in [7, 11) is 0. The molecule has 3 heteroatoms. The Morgan fingerprint density at radius 2 is 1.91 bits per heavy atom. The molecule has 0 saturated heterocycles. The average Bonchev–Trinajstić information content (AvgIpc) is 3.24. The molecule has 0 aromatic rings. The summed E-state index contributed by atoms with van der Waals surface area (Å²) in [4.78, 5) is 10.4. The van der Waals surface area contributed by atoms with E-state index in [0.717, 1.165) is 50.4 Å². The Labute approximate surface area is 141 Å². The second-order valence-electron chi connectivity index (χ2n) is 6.82. The van der Waals surface area contributed by atoms with Crippen molar-refractivity contribution in [3.63, 3.8) is 0 Å². The van der Waals surface area contributed by atoms with Gasteiger partial charge in [-0.05, 0) is 56.8 Å². The van der Waals surface area contributed by atoms with Gasteiger partial charge in [0.1, 0.15) is 0 Å². The molecule has 0 heterocycles. The Kier molecular flexibility index (Phi) is 10.7. The van der Waals surface area contributed by atoms with Gasteiger partial charge >= 0.3 is 5.97 Å². The van der Waals surface area contributed by atoms with Crippen LogP contribution >= 0.6 is 0 Å². The van der Waals surface area contributed by atoms with Gasteiger partial charge in [0.05, 0.1) is 6.10 Å². The first kappa shape index (κ1) is 20.0. The van der Waals surface area contributed by atoms with E-state index < -0.39 is 5.97 Å². The van der Waals surface area contributed by atoms with Gasteiger partial charge in [-0.25, -0.2) is 0 Å². The van der Waals surface area contributed by atoms with Crippen LogP contribution in [0.25, 0.3) is 0 Å². The summed E-state index contributed by atoms with van der Waals surface area (Å²) in [6.45, 7) is 2.18. The number of aliphatic hydroxyl groups is 1. The lowest BCUT2D eigenvalue weighted by molar-refractivity contribution is -0.137. The third-order valence-electron chi connectivity index (χ3n) is 4.60. The maximum Gasteiger partial charge on any atom is 0.303 e. The molecule has 132 valence electrons. The average molecular weight is 322 g/mol. The van der Waals surface area contributed by atoms with Crippen LogP contribution in [0.1, 0.15) is 77.6 Å². The molecule has 1 aliphatic rings. The van der Waals surface area contributed by atoms with Crippen LogP contribution in [0.2, 0.25) is 0 Å². The fraction of sp³-hybridized carbons (Fsp3) is 0.750. The summed E-state index contributed by atoms with van der Waals surface area (Å²) < 4.78 is 0. The number of allylic oxidation sites excluding steroid dienone is 3. The Morgan fingerprint density at radius 1 is 1.13 bits per heavy atom. The predicted molar refractivity (Wildman–Crippen MR) is 95.4 cm³/mol. The minimum atomic E-state index is -0.706. The van der Waals surface area contributed by atoms with Crippen LogP contribution in [-0.4, -0.2) is 22.3 Å². The van der Waals surface area contributed by atoms with Crippen molar-refractivity contribution in [3.05, 3.63) is 24.3 Å². The van der Waals surface area contributed by atoms with Crippen molar-refractivity contribution in [3.8, 4) is 0 Å². The van der Waals surface area contributed by atoms with E-state index in [2.05, 4.69) is 25.2 Å². The molecule has 0 spiro atoms. The highest BCUT2D eigenvalue weighted by Gasteiger charge is 2.34. The second kappa shape index (κ2) is 12.3. The van der Waals surface area contributed by atoms with E-state index in [1.54, 1.807) is 0 Å². The van der Waals surface area contributed by atoms with Gasteiger partial charge in [0, 0.05) is 6.42 Å². The van der Waals surface area contributed by atoms with E-state index in [9.17, 15) is 9.90 Å². The van der Waals surface area contributed by atoms with Crippen molar-refractivity contribution in [1.29, 1.82) is 0 Å². The summed E-state index contributed by atoms with van der Waals surface area (Å²) in [6.07, 6.45) is 19.3. The molecule has 1 aliphatic carbocycles. The van der Waals surface area contributed by atoms with Gasteiger partial charge in [-0.1, -0.05) is 50.5 Å². The van der Waals surface area contributed by atoms with E-state index in [0.29, 0.717) is 0 Å². The lowest BCUT2D eigenvalue weighted by atomic mass is 10.1. The van der Waals surface area contributed by atoms with Gasteiger partial charge in [0.2, 0.25) is 0 Å². The predicted octanol–water partition coefficient (Wildman–Crippen LogP) is 5.10. The quantitative estimate of drug-likeness (QED) is 0.345. The summed E-state index contributed by atoms with van der Waals surface area (Å²) in [5.74, 6) is 0.956. The number of unbranched alkanes of at least 4 members (excludes halogenated alkanes) is 3. The Bertz CT molecular complexity index is 373. The second-order valence-corrected chi connectivity index (χ2v) is 6.82. The molecular formula is C20H34O3. The van der Waals surface area contributed by atoms with Crippen molar-refractivity contribution in [2.24, 2.45) is 11.8 Å². The molecule has 0 radical (unpaired) electrons. The number of rotatable bonds is 14. The van der Waals surface area contributed by atoms with Gasteiger partial charge in [0.25, 0.3) is 0 Å². The van der Waals surface area contributed by atoms with Crippen LogP contribution in [0.4, 0.5) is 0 Å². The highest BCUT2D eigenvalue weighted by Crippen LogP contribution is 2.44. The maximum absolute atomic E-state index is 10.4. The van der Waals surface area contributed by atoms with Crippen LogP contribution < -0.4 is 0 Å². The first-order valence-electron chi connectivity index (χ1n) is 9.35. The number of aliphatic carboxylic acids is 1. The third-order valence-corrected chi connectivity index (χ3v) is 4.60. The molecule has 23 heavy (non-hydrogen) atoms. The molecule has 3 atom stereocenters. The molecule has 1 rings (SSSR count). The van der Waals surface area contributed by atoms with Crippen molar-refractivity contribution < 1.29 is 15.0 Å². The largest absolute Gasteiger partial charge is 0.481 e. The standard InChI is InChI=1S/C20H34O3/c1-2-3-7-13-19(21)14-10-12-18-16-17(18)11-8-5-4-6-9-15-20(22)23/h4-5,10,14,17-19,21H,2-3,6-9,11-13,15-16H2,1H3,(H,22,23)/b5-4+,14-10+/t17-,18-,19+/m0/s1. The zero-order valence-corrected chi connectivity index (χ0v) is 14.6. The Morgan fingerprint density at radius 3 is 2.65 bits per heavy atom. The van der Waals surface area contributed by atoms with Crippen molar-refractivity contribution >= 4 is 5.97 Å². The van der Waals surface area contributed by atoms with E-state index in [1.807, 2.05) is 6.08 Å². The highest BCUT2D eigenvalue weighted by molar-refractivity contribution is 5.66. The molecule has 0 aromatic heterocycles. The van der Waals surface area contributed by atoms with Crippen molar-refractivity contribution in [2.75, 3.05) is 0 Å². The normalized spacial score (nSPS) is 22.0.